The first-order chi connectivity index (χ1) is 5.09. The van der Waals surface area contributed by atoms with Gasteiger partial charge in [-0.3, -0.25) is 14.9 Å². The zero-order chi connectivity index (χ0) is 8.43. The predicted molar refractivity (Wildman–Crippen MR) is 32.7 cm³/mol. The summed E-state index contributed by atoms with van der Waals surface area (Å²) in [6.07, 6.45) is -1.41. The molecule has 1 aliphatic rings. The molecule has 3 amide bonds. The molecule has 1 unspecified atom stereocenters. The number of carbonyl (C=O) groups excluding carboxylic acids is 2. The maximum Gasteiger partial charge on any atom is 0.405 e. The third kappa shape index (κ3) is 1.66. The van der Waals surface area contributed by atoms with E-state index in [-0.39, 0.29) is 6.42 Å². The van der Waals surface area contributed by atoms with E-state index >= 15 is 0 Å². The Morgan fingerprint density at radius 1 is 1.64 bits per heavy atom. The van der Waals surface area contributed by atoms with Crippen molar-refractivity contribution in [1.82, 2.24) is 10.6 Å². The van der Waals surface area contributed by atoms with Crippen molar-refractivity contribution in [1.29, 1.82) is 0 Å². The topological polar surface area (TPSA) is 95.5 Å². The molecule has 0 aliphatic carbocycles. The van der Waals surface area contributed by atoms with E-state index in [0.717, 1.165) is 0 Å². The highest BCUT2D eigenvalue weighted by atomic mass is 16.4. The maximum atomic E-state index is 10.7. The van der Waals surface area contributed by atoms with Gasteiger partial charge in [-0.15, -0.1) is 0 Å². The first kappa shape index (κ1) is 7.52. The zero-order valence-electron chi connectivity index (χ0n) is 5.46. The van der Waals surface area contributed by atoms with Crippen LogP contribution in [0.15, 0.2) is 0 Å². The van der Waals surface area contributed by atoms with Crippen molar-refractivity contribution < 1.29 is 19.5 Å². The van der Waals surface area contributed by atoms with Crippen molar-refractivity contribution in [3.8, 4) is 0 Å². The van der Waals surface area contributed by atoms with Crippen LogP contribution in [0, 0.1) is 0 Å². The largest absolute Gasteiger partial charge is 0.465 e. The summed E-state index contributed by atoms with van der Waals surface area (Å²) in [6, 6.07) is -0.917. The van der Waals surface area contributed by atoms with E-state index in [1.54, 1.807) is 0 Å². The summed E-state index contributed by atoms with van der Waals surface area (Å²) in [6.45, 7) is 0. The molecule has 6 nitrogen and oxygen atoms in total. The molecule has 1 atom stereocenters. The highest BCUT2D eigenvalue weighted by molar-refractivity contribution is 6.06. The number of nitrogens with one attached hydrogen (secondary N) is 2. The van der Waals surface area contributed by atoms with Gasteiger partial charge in [0.2, 0.25) is 11.8 Å². The number of hydrogen-bond acceptors (Lipinski definition) is 3. The van der Waals surface area contributed by atoms with Crippen LogP contribution in [0.4, 0.5) is 4.79 Å². The molecule has 1 fully saturated rings. The Hall–Kier alpha value is -1.59. The quantitative estimate of drug-likeness (QED) is 0.412. The Bertz CT molecular complexity index is 225. The van der Waals surface area contributed by atoms with E-state index in [0.29, 0.717) is 0 Å². The lowest BCUT2D eigenvalue weighted by Crippen LogP contribution is -2.39. The van der Waals surface area contributed by atoms with Gasteiger partial charge in [-0.2, -0.15) is 0 Å². The van der Waals surface area contributed by atoms with Gasteiger partial charge in [0.25, 0.3) is 0 Å². The predicted octanol–water partition coefficient (Wildman–Crippen LogP) is -1.33. The zero-order valence-corrected chi connectivity index (χ0v) is 5.46. The summed E-state index contributed by atoms with van der Waals surface area (Å²) in [5.74, 6) is -1.04. The molecule has 1 aliphatic heterocycles. The normalized spacial score (nSPS) is 23.1. The lowest BCUT2D eigenvalue weighted by molar-refractivity contribution is -0.125. The second-order valence-corrected chi connectivity index (χ2v) is 2.12. The lowest BCUT2D eigenvalue weighted by Gasteiger charge is -2.02. The molecule has 6 heteroatoms. The molecule has 1 rings (SSSR count). The summed E-state index contributed by atoms with van der Waals surface area (Å²) < 4.78 is 0. The van der Waals surface area contributed by atoms with Crippen molar-refractivity contribution in [3.05, 3.63) is 0 Å². The van der Waals surface area contributed by atoms with E-state index < -0.39 is 23.9 Å². The number of imide groups is 1. The maximum absolute atomic E-state index is 10.7. The lowest BCUT2D eigenvalue weighted by atomic mass is 10.2. The van der Waals surface area contributed by atoms with Crippen molar-refractivity contribution in [3.63, 3.8) is 0 Å². The van der Waals surface area contributed by atoms with Crippen molar-refractivity contribution in [2.75, 3.05) is 0 Å². The fourth-order valence-corrected chi connectivity index (χ4v) is 0.819. The average Bonchev–Trinajstić information content (AvgIpc) is 2.09. The van der Waals surface area contributed by atoms with Crippen LogP contribution in [0.3, 0.4) is 0 Å². The Kier molecular flexibility index (Phi) is 1.75. The van der Waals surface area contributed by atoms with Gasteiger partial charge in [-0.25, -0.2) is 4.79 Å². The van der Waals surface area contributed by atoms with Gasteiger partial charge in [0.05, 0.1) is 6.42 Å². The van der Waals surface area contributed by atoms with Crippen molar-refractivity contribution in [2.24, 2.45) is 0 Å². The SMILES string of the molecule is O=C(O)NC1CC(=O)NC1=O. The van der Waals surface area contributed by atoms with Crippen LogP contribution >= 0.6 is 0 Å². The Labute approximate surface area is 61.6 Å². The first-order valence-electron chi connectivity index (χ1n) is 2.93. The second kappa shape index (κ2) is 2.57. The standard InChI is InChI=1S/C5H6N2O4/c8-3-1-2(4(9)7-3)6-5(10)11/h2,6H,1H2,(H,10,11)(H,7,8,9). The van der Waals surface area contributed by atoms with Gasteiger partial charge in [0, 0.05) is 0 Å². The third-order valence-corrected chi connectivity index (χ3v) is 1.27. The van der Waals surface area contributed by atoms with Crippen LogP contribution in [0.25, 0.3) is 0 Å². The molecular formula is C5H6N2O4. The third-order valence-electron chi connectivity index (χ3n) is 1.27. The van der Waals surface area contributed by atoms with Gasteiger partial charge in [-0.05, 0) is 0 Å². The van der Waals surface area contributed by atoms with Crippen LogP contribution in [0.2, 0.25) is 0 Å². The summed E-state index contributed by atoms with van der Waals surface area (Å²) >= 11 is 0. The molecule has 1 saturated heterocycles. The van der Waals surface area contributed by atoms with Gasteiger partial charge >= 0.3 is 6.09 Å². The molecule has 1 heterocycles. The van der Waals surface area contributed by atoms with Gasteiger partial charge < -0.3 is 10.4 Å². The van der Waals surface area contributed by atoms with Crippen LogP contribution in [-0.4, -0.2) is 29.1 Å². The molecule has 0 bridgehead atoms. The van der Waals surface area contributed by atoms with Crippen LogP contribution in [-0.2, 0) is 9.59 Å². The van der Waals surface area contributed by atoms with Crippen LogP contribution < -0.4 is 10.6 Å². The molecule has 11 heavy (non-hydrogen) atoms. The van der Waals surface area contributed by atoms with Crippen LogP contribution in [0.1, 0.15) is 6.42 Å². The monoisotopic (exact) mass is 158 g/mol. The number of rotatable bonds is 1. The summed E-state index contributed by atoms with van der Waals surface area (Å²) in [7, 11) is 0. The van der Waals surface area contributed by atoms with E-state index in [4.69, 9.17) is 5.11 Å². The number of hydrogen-bond donors (Lipinski definition) is 3. The Morgan fingerprint density at radius 2 is 2.27 bits per heavy atom. The van der Waals surface area contributed by atoms with E-state index in [9.17, 15) is 14.4 Å². The molecule has 3 N–H and O–H groups in total. The van der Waals surface area contributed by atoms with E-state index in [1.807, 2.05) is 10.6 Å². The van der Waals surface area contributed by atoms with Crippen LogP contribution in [0.5, 0.6) is 0 Å². The van der Waals surface area contributed by atoms with Gasteiger partial charge in [-0.1, -0.05) is 0 Å². The molecule has 0 radical (unpaired) electrons. The summed E-state index contributed by atoms with van der Waals surface area (Å²) in [4.78, 5) is 31.1. The number of amides is 3. The molecule has 0 aromatic carbocycles. The van der Waals surface area contributed by atoms with Crippen molar-refractivity contribution >= 4 is 17.9 Å². The minimum atomic E-state index is -1.31. The highest BCUT2D eigenvalue weighted by Gasteiger charge is 2.31. The Morgan fingerprint density at radius 3 is 2.64 bits per heavy atom. The number of carboxylic acid groups (broad SMARTS) is 1. The molecule has 0 aromatic heterocycles. The van der Waals surface area contributed by atoms with Crippen molar-refractivity contribution in [2.45, 2.75) is 12.5 Å². The molecule has 60 valence electrons. The van der Waals surface area contributed by atoms with E-state index in [1.165, 1.54) is 0 Å². The van der Waals surface area contributed by atoms with E-state index in [2.05, 4.69) is 0 Å². The average molecular weight is 158 g/mol. The second-order valence-electron chi connectivity index (χ2n) is 2.12. The fourth-order valence-electron chi connectivity index (χ4n) is 0.819. The molecular weight excluding hydrogens is 152 g/mol. The Balaban J connectivity index is 2.53. The minimum Gasteiger partial charge on any atom is -0.465 e. The van der Waals surface area contributed by atoms with Gasteiger partial charge in [0.15, 0.2) is 0 Å². The molecule has 0 saturated carbocycles. The summed E-state index contributed by atoms with van der Waals surface area (Å²) in [5.41, 5.74) is 0. The molecule has 0 spiro atoms. The molecule has 0 aromatic rings. The first-order valence-corrected chi connectivity index (χ1v) is 2.93. The fraction of sp³-hybridized carbons (Fsp3) is 0.400. The number of carbonyl (C=O) groups is 3. The smallest absolute Gasteiger partial charge is 0.405 e. The minimum absolute atomic E-state index is 0.106. The summed E-state index contributed by atoms with van der Waals surface area (Å²) in [5, 5.41) is 12.0. The highest BCUT2D eigenvalue weighted by Crippen LogP contribution is 2.00. The van der Waals surface area contributed by atoms with Gasteiger partial charge in [0.1, 0.15) is 6.04 Å².